The van der Waals surface area contributed by atoms with Crippen molar-refractivity contribution in [1.29, 1.82) is 0 Å². The molecule has 0 aliphatic carbocycles. The van der Waals surface area contributed by atoms with Gasteiger partial charge < -0.3 is 9.84 Å². The van der Waals surface area contributed by atoms with Crippen molar-refractivity contribution in [3.63, 3.8) is 0 Å². The van der Waals surface area contributed by atoms with Crippen LogP contribution in [0.25, 0.3) is 0 Å². The number of hydrogen-bond donors (Lipinski definition) is 1. The zero-order chi connectivity index (χ0) is 16.0. The van der Waals surface area contributed by atoms with Crippen LogP contribution in [0.2, 0.25) is 0 Å². The molecule has 1 N–H and O–H groups in total. The molecule has 0 spiro atoms. The van der Waals surface area contributed by atoms with Crippen LogP contribution in [0.3, 0.4) is 0 Å². The molecule has 4 nitrogen and oxygen atoms in total. The Morgan fingerprint density at radius 2 is 1.55 bits per heavy atom. The lowest BCUT2D eigenvalue weighted by molar-refractivity contribution is -0.274. The standard InChI is InChI=1S/C8H5F3O2.C2HF3O2/c9-8(10,11)13-7-4-2-1-3-6(7)5-12;3-2(4,5)1(6)7/h1-5H;(H,6,7). The number of ether oxygens (including phenoxy) is 1. The summed E-state index contributed by atoms with van der Waals surface area (Å²) in [5, 5.41) is 7.12. The van der Waals surface area contributed by atoms with Crippen LogP contribution in [0.4, 0.5) is 26.3 Å². The molecule has 0 aliphatic rings. The van der Waals surface area contributed by atoms with Crippen LogP contribution in [-0.2, 0) is 4.79 Å². The number of alkyl halides is 6. The fourth-order valence-electron chi connectivity index (χ4n) is 0.796. The number of halogens is 6. The molecule has 0 unspecified atom stereocenters. The van der Waals surface area contributed by atoms with Crippen LogP contribution in [0, 0.1) is 0 Å². The molecule has 0 saturated carbocycles. The van der Waals surface area contributed by atoms with Crippen LogP contribution < -0.4 is 4.74 Å². The Hall–Kier alpha value is -2.26. The Bertz CT molecular complexity index is 466. The minimum absolute atomic E-state index is 0.125. The Kier molecular flexibility index (Phi) is 6.01. The van der Waals surface area contributed by atoms with Crippen molar-refractivity contribution >= 4 is 12.3 Å². The quantitative estimate of drug-likeness (QED) is 0.674. The molecule has 0 radical (unpaired) electrons. The van der Waals surface area contributed by atoms with Crippen LogP contribution in [0.1, 0.15) is 10.4 Å². The fraction of sp³-hybridized carbons (Fsp3) is 0.200. The van der Waals surface area contributed by atoms with Crippen molar-refractivity contribution < 1.29 is 45.8 Å². The average molecular weight is 304 g/mol. The summed E-state index contributed by atoms with van der Waals surface area (Å²) in [5.41, 5.74) is -0.125. The lowest BCUT2D eigenvalue weighted by Crippen LogP contribution is -2.21. The molecule has 0 fully saturated rings. The third-order valence-electron chi connectivity index (χ3n) is 1.51. The lowest BCUT2D eigenvalue weighted by atomic mass is 10.2. The zero-order valence-electron chi connectivity index (χ0n) is 9.33. The van der Waals surface area contributed by atoms with Gasteiger partial charge in [-0.2, -0.15) is 13.2 Å². The molecule has 0 amide bonds. The van der Waals surface area contributed by atoms with Gasteiger partial charge in [0.05, 0.1) is 5.56 Å². The van der Waals surface area contributed by atoms with Gasteiger partial charge in [0.25, 0.3) is 0 Å². The van der Waals surface area contributed by atoms with Gasteiger partial charge in [-0.3, -0.25) is 4.79 Å². The molecule has 1 aromatic carbocycles. The smallest absolute Gasteiger partial charge is 0.475 e. The maximum Gasteiger partial charge on any atom is 0.573 e. The summed E-state index contributed by atoms with van der Waals surface area (Å²) in [6, 6.07) is 5.13. The van der Waals surface area contributed by atoms with E-state index in [2.05, 4.69) is 4.74 Å². The van der Waals surface area contributed by atoms with Gasteiger partial charge >= 0.3 is 18.5 Å². The summed E-state index contributed by atoms with van der Waals surface area (Å²) in [7, 11) is 0. The molecule has 1 aromatic rings. The summed E-state index contributed by atoms with van der Waals surface area (Å²) in [4.78, 5) is 19.2. The Morgan fingerprint density at radius 3 is 1.90 bits per heavy atom. The molecule has 10 heteroatoms. The number of rotatable bonds is 2. The maximum absolute atomic E-state index is 11.7. The van der Waals surface area contributed by atoms with Crippen molar-refractivity contribution in [3.8, 4) is 5.75 Å². The second kappa shape index (κ2) is 6.78. The van der Waals surface area contributed by atoms with E-state index in [0.29, 0.717) is 6.29 Å². The minimum Gasteiger partial charge on any atom is -0.475 e. The first-order chi connectivity index (χ1) is 8.97. The van der Waals surface area contributed by atoms with Crippen molar-refractivity contribution in [2.75, 3.05) is 0 Å². The number of para-hydroxylation sites is 1. The minimum atomic E-state index is -5.08. The molecule has 20 heavy (non-hydrogen) atoms. The molecule has 0 aliphatic heterocycles. The summed E-state index contributed by atoms with van der Waals surface area (Å²) in [6.07, 6.45) is -9.54. The van der Waals surface area contributed by atoms with E-state index in [4.69, 9.17) is 9.90 Å². The van der Waals surface area contributed by atoms with Crippen LogP contribution in [0.15, 0.2) is 24.3 Å². The van der Waals surface area contributed by atoms with E-state index in [9.17, 15) is 31.1 Å². The first-order valence-electron chi connectivity index (χ1n) is 4.57. The highest BCUT2D eigenvalue weighted by atomic mass is 19.4. The molecular weight excluding hydrogens is 298 g/mol. The highest BCUT2D eigenvalue weighted by molar-refractivity contribution is 5.79. The van der Waals surface area contributed by atoms with Gasteiger partial charge in [-0.05, 0) is 12.1 Å². The summed E-state index contributed by atoms with van der Waals surface area (Å²) in [6.45, 7) is 0. The molecular formula is C10H6F6O4. The Morgan fingerprint density at radius 1 is 1.10 bits per heavy atom. The lowest BCUT2D eigenvalue weighted by Gasteiger charge is -2.09. The highest BCUT2D eigenvalue weighted by Gasteiger charge is 2.38. The Balaban J connectivity index is 0.000000441. The molecule has 1 rings (SSSR count). The number of hydrogen-bond acceptors (Lipinski definition) is 3. The number of carboxylic acid groups (broad SMARTS) is 1. The third kappa shape index (κ3) is 7.24. The number of aliphatic carboxylic acids is 1. The number of benzene rings is 1. The molecule has 0 heterocycles. The number of carboxylic acids is 1. The van der Waals surface area contributed by atoms with Gasteiger partial charge in [-0.1, -0.05) is 12.1 Å². The molecule has 112 valence electrons. The molecule has 0 saturated heterocycles. The largest absolute Gasteiger partial charge is 0.573 e. The van der Waals surface area contributed by atoms with E-state index in [-0.39, 0.29) is 5.56 Å². The van der Waals surface area contributed by atoms with E-state index >= 15 is 0 Å². The fourth-order valence-corrected chi connectivity index (χ4v) is 0.796. The summed E-state index contributed by atoms with van der Waals surface area (Å²) < 4.78 is 70.5. The van der Waals surface area contributed by atoms with Gasteiger partial charge in [0.15, 0.2) is 6.29 Å². The van der Waals surface area contributed by atoms with Crippen molar-refractivity contribution in [3.05, 3.63) is 29.8 Å². The summed E-state index contributed by atoms with van der Waals surface area (Å²) >= 11 is 0. The maximum atomic E-state index is 11.7. The molecule has 0 aromatic heterocycles. The predicted molar refractivity (Wildman–Crippen MR) is 52.2 cm³/mol. The molecule has 0 atom stereocenters. The van der Waals surface area contributed by atoms with Crippen LogP contribution in [0.5, 0.6) is 5.75 Å². The van der Waals surface area contributed by atoms with Crippen LogP contribution >= 0.6 is 0 Å². The first kappa shape index (κ1) is 17.7. The highest BCUT2D eigenvalue weighted by Crippen LogP contribution is 2.24. The number of carbonyl (C=O) groups excluding carboxylic acids is 1. The van der Waals surface area contributed by atoms with E-state index in [1.165, 1.54) is 18.2 Å². The van der Waals surface area contributed by atoms with Gasteiger partial charge in [-0.25, -0.2) is 4.79 Å². The van der Waals surface area contributed by atoms with Gasteiger partial charge in [0.2, 0.25) is 0 Å². The first-order valence-corrected chi connectivity index (χ1v) is 4.57. The monoisotopic (exact) mass is 304 g/mol. The second-order valence-electron chi connectivity index (χ2n) is 3.01. The van der Waals surface area contributed by atoms with Gasteiger partial charge in [0, 0.05) is 0 Å². The zero-order valence-corrected chi connectivity index (χ0v) is 9.33. The SMILES string of the molecule is O=C(O)C(F)(F)F.O=Cc1ccccc1OC(F)(F)F. The van der Waals surface area contributed by atoms with Crippen molar-refractivity contribution in [2.45, 2.75) is 12.5 Å². The van der Waals surface area contributed by atoms with Crippen molar-refractivity contribution in [1.82, 2.24) is 0 Å². The number of aldehydes is 1. The normalized spacial score (nSPS) is 11.1. The van der Waals surface area contributed by atoms with Gasteiger partial charge in [0.1, 0.15) is 5.75 Å². The summed E-state index contributed by atoms with van der Waals surface area (Å²) in [5.74, 6) is -3.24. The molecule has 0 bridgehead atoms. The average Bonchev–Trinajstić information content (AvgIpc) is 2.27. The predicted octanol–water partition coefficient (Wildman–Crippen LogP) is 3.03. The van der Waals surface area contributed by atoms with Crippen molar-refractivity contribution in [2.24, 2.45) is 0 Å². The van der Waals surface area contributed by atoms with Gasteiger partial charge in [-0.15, -0.1) is 13.2 Å². The Labute approximate surface area is 107 Å². The van der Waals surface area contributed by atoms with E-state index < -0.39 is 24.3 Å². The van der Waals surface area contributed by atoms with Crippen LogP contribution in [-0.4, -0.2) is 29.9 Å². The second-order valence-corrected chi connectivity index (χ2v) is 3.01. The van der Waals surface area contributed by atoms with E-state index in [1.54, 1.807) is 0 Å². The van der Waals surface area contributed by atoms with E-state index in [1.807, 2.05) is 0 Å². The third-order valence-corrected chi connectivity index (χ3v) is 1.51. The van der Waals surface area contributed by atoms with E-state index in [0.717, 1.165) is 6.07 Å². The number of carbonyl (C=O) groups is 2. The topological polar surface area (TPSA) is 63.6 Å².